The Bertz CT molecular complexity index is 484. The van der Waals surface area contributed by atoms with Gasteiger partial charge in [0.25, 0.3) is 0 Å². The molecule has 0 spiro atoms. The number of carbonyl (C=O) groups excluding carboxylic acids is 1. The molecule has 22 heavy (non-hydrogen) atoms. The minimum absolute atomic E-state index is 0.0246. The van der Waals surface area contributed by atoms with Crippen LogP contribution in [0.4, 0.5) is 13.2 Å². The Labute approximate surface area is 126 Å². The monoisotopic (exact) mass is 317 g/mol. The summed E-state index contributed by atoms with van der Waals surface area (Å²) in [6, 6.07) is 4.42. The van der Waals surface area contributed by atoms with Gasteiger partial charge in [0.15, 0.2) is 0 Å². The molecule has 1 aliphatic carbocycles. The van der Waals surface area contributed by atoms with Crippen LogP contribution in [0, 0.1) is 5.92 Å². The van der Waals surface area contributed by atoms with E-state index >= 15 is 0 Å². The van der Waals surface area contributed by atoms with E-state index in [4.69, 9.17) is 9.47 Å². The minimum atomic E-state index is -4.35. The number of benzene rings is 1. The molecular formula is C15H18F3NO3. The molecular weight excluding hydrogens is 299 g/mol. The van der Waals surface area contributed by atoms with Gasteiger partial charge < -0.3 is 14.8 Å². The largest absolute Gasteiger partial charge is 0.492 e. The van der Waals surface area contributed by atoms with Crippen molar-refractivity contribution in [2.24, 2.45) is 5.92 Å². The zero-order valence-electron chi connectivity index (χ0n) is 12.0. The van der Waals surface area contributed by atoms with Crippen molar-refractivity contribution >= 4 is 5.91 Å². The Morgan fingerprint density at radius 2 is 1.91 bits per heavy atom. The van der Waals surface area contributed by atoms with Crippen LogP contribution in [0.15, 0.2) is 24.3 Å². The molecule has 0 saturated heterocycles. The summed E-state index contributed by atoms with van der Waals surface area (Å²) in [5.41, 5.74) is -0.721. The third-order valence-electron chi connectivity index (χ3n) is 3.16. The standard InChI is InChI=1S/C15H18F3NO3/c16-15(17,18)12-3-5-13(6-4-12)22-8-7-19-14(20)10-21-9-11-1-2-11/h3-6,11H,1-2,7-10H2,(H,19,20). The molecule has 0 bridgehead atoms. The highest BCUT2D eigenvalue weighted by atomic mass is 19.4. The zero-order valence-corrected chi connectivity index (χ0v) is 12.0. The first-order chi connectivity index (χ1) is 10.4. The lowest BCUT2D eigenvalue weighted by molar-refractivity contribution is -0.137. The zero-order chi connectivity index (χ0) is 16.0. The number of hydrogen-bond acceptors (Lipinski definition) is 3. The second kappa shape index (κ2) is 7.49. The summed E-state index contributed by atoms with van der Waals surface area (Å²) in [5, 5.41) is 2.61. The molecule has 1 amide bonds. The highest BCUT2D eigenvalue weighted by Gasteiger charge is 2.30. The van der Waals surface area contributed by atoms with E-state index in [1.165, 1.54) is 25.0 Å². The third kappa shape index (κ3) is 5.93. The Hall–Kier alpha value is -1.76. The molecule has 0 unspecified atom stereocenters. The average Bonchev–Trinajstić information content (AvgIpc) is 3.27. The molecule has 1 saturated carbocycles. The number of halogens is 3. The van der Waals surface area contributed by atoms with Gasteiger partial charge >= 0.3 is 6.18 Å². The van der Waals surface area contributed by atoms with Gasteiger partial charge in [0.05, 0.1) is 18.7 Å². The number of carbonyl (C=O) groups is 1. The summed E-state index contributed by atoms with van der Waals surface area (Å²) in [4.78, 5) is 11.4. The molecule has 2 rings (SSSR count). The minimum Gasteiger partial charge on any atom is -0.492 e. The fraction of sp³-hybridized carbons (Fsp3) is 0.533. The van der Waals surface area contributed by atoms with E-state index in [-0.39, 0.29) is 25.7 Å². The van der Waals surface area contributed by atoms with E-state index in [2.05, 4.69) is 5.32 Å². The van der Waals surface area contributed by atoms with Crippen molar-refractivity contribution in [2.45, 2.75) is 19.0 Å². The van der Waals surface area contributed by atoms with Crippen molar-refractivity contribution in [3.8, 4) is 5.75 Å². The van der Waals surface area contributed by atoms with Gasteiger partial charge in [-0.2, -0.15) is 13.2 Å². The summed E-state index contributed by atoms with van der Waals surface area (Å²) in [6.45, 7) is 1.10. The van der Waals surface area contributed by atoms with E-state index in [1.54, 1.807) is 0 Å². The quantitative estimate of drug-likeness (QED) is 0.750. The summed E-state index contributed by atoms with van der Waals surface area (Å²) in [6.07, 6.45) is -2.02. The topological polar surface area (TPSA) is 47.6 Å². The van der Waals surface area contributed by atoms with Crippen LogP contribution in [-0.4, -0.2) is 32.3 Å². The van der Waals surface area contributed by atoms with Crippen molar-refractivity contribution in [1.82, 2.24) is 5.32 Å². The molecule has 0 heterocycles. The number of ether oxygens (including phenoxy) is 2. The van der Waals surface area contributed by atoms with Gasteiger partial charge in [0.2, 0.25) is 5.91 Å². The molecule has 122 valence electrons. The van der Waals surface area contributed by atoms with Crippen molar-refractivity contribution < 1.29 is 27.4 Å². The first-order valence-corrected chi connectivity index (χ1v) is 7.09. The Morgan fingerprint density at radius 1 is 1.23 bits per heavy atom. The van der Waals surface area contributed by atoms with Crippen LogP contribution in [0.3, 0.4) is 0 Å². The molecule has 0 aromatic heterocycles. The van der Waals surface area contributed by atoms with Gasteiger partial charge in [-0.3, -0.25) is 4.79 Å². The summed E-state index contributed by atoms with van der Waals surface area (Å²) >= 11 is 0. The number of hydrogen-bond donors (Lipinski definition) is 1. The maximum absolute atomic E-state index is 12.4. The van der Waals surface area contributed by atoms with E-state index in [1.807, 2.05) is 0 Å². The van der Waals surface area contributed by atoms with Crippen molar-refractivity contribution in [1.29, 1.82) is 0 Å². The number of rotatable bonds is 8. The maximum Gasteiger partial charge on any atom is 0.416 e. The van der Waals surface area contributed by atoms with Gasteiger partial charge in [-0.15, -0.1) is 0 Å². The summed E-state index contributed by atoms with van der Waals surface area (Å²) < 4.78 is 47.6. The van der Waals surface area contributed by atoms with Crippen LogP contribution >= 0.6 is 0 Å². The van der Waals surface area contributed by atoms with Crippen LogP contribution in [-0.2, 0) is 15.7 Å². The first-order valence-electron chi connectivity index (χ1n) is 7.09. The number of amides is 1. The van der Waals surface area contributed by atoms with Gasteiger partial charge in [0, 0.05) is 0 Å². The highest BCUT2D eigenvalue weighted by Crippen LogP contribution is 2.30. The fourth-order valence-corrected chi connectivity index (χ4v) is 1.75. The fourth-order valence-electron chi connectivity index (χ4n) is 1.75. The second-order valence-electron chi connectivity index (χ2n) is 5.18. The SMILES string of the molecule is O=C(COCC1CC1)NCCOc1ccc(C(F)(F)F)cc1. The molecule has 4 nitrogen and oxygen atoms in total. The van der Waals surface area contributed by atoms with Crippen LogP contribution in [0.25, 0.3) is 0 Å². The van der Waals surface area contributed by atoms with Crippen molar-refractivity contribution in [2.75, 3.05) is 26.4 Å². The molecule has 1 aromatic rings. The normalized spacial score (nSPS) is 14.7. The van der Waals surface area contributed by atoms with Gasteiger partial charge in [-0.05, 0) is 43.0 Å². The molecule has 1 aliphatic rings. The first kappa shape index (κ1) is 16.6. The van der Waals surface area contributed by atoms with Crippen molar-refractivity contribution in [3.05, 3.63) is 29.8 Å². The number of nitrogens with one attached hydrogen (secondary N) is 1. The molecule has 7 heteroatoms. The van der Waals surface area contributed by atoms with Gasteiger partial charge in [-0.1, -0.05) is 0 Å². The smallest absolute Gasteiger partial charge is 0.416 e. The van der Waals surface area contributed by atoms with E-state index in [0.717, 1.165) is 12.1 Å². The third-order valence-corrected chi connectivity index (χ3v) is 3.16. The van der Waals surface area contributed by atoms with Crippen LogP contribution in [0.1, 0.15) is 18.4 Å². The molecule has 1 aromatic carbocycles. The Morgan fingerprint density at radius 3 is 2.50 bits per heavy atom. The highest BCUT2D eigenvalue weighted by molar-refractivity contribution is 5.77. The second-order valence-corrected chi connectivity index (χ2v) is 5.18. The summed E-state index contributed by atoms with van der Waals surface area (Å²) in [5.74, 6) is 0.708. The predicted octanol–water partition coefficient (Wildman–Crippen LogP) is 2.63. The summed E-state index contributed by atoms with van der Waals surface area (Å²) in [7, 11) is 0. The lowest BCUT2D eigenvalue weighted by Crippen LogP contribution is -2.31. The van der Waals surface area contributed by atoms with Crippen molar-refractivity contribution in [3.63, 3.8) is 0 Å². The Balaban J connectivity index is 1.58. The molecule has 1 fully saturated rings. The maximum atomic E-state index is 12.4. The predicted molar refractivity (Wildman–Crippen MR) is 73.5 cm³/mol. The molecule has 0 atom stereocenters. The van der Waals surface area contributed by atoms with Crippen LogP contribution in [0.5, 0.6) is 5.75 Å². The number of alkyl halides is 3. The average molecular weight is 317 g/mol. The van der Waals surface area contributed by atoms with E-state index < -0.39 is 11.7 Å². The Kier molecular flexibility index (Phi) is 5.65. The van der Waals surface area contributed by atoms with E-state index in [9.17, 15) is 18.0 Å². The van der Waals surface area contributed by atoms with Gasteiger partial charge in [0.1, 0.15) is 19.0 Å². The lowest BCUT2D eigenvalue weighted by Gasteiger charge is -2.10. The van der Waals surface area contributed by atoms with Crippen LogP contribution < -0.4 is 10.1 Å². The van der Waals surface area contributed by atoms with E-state index in [0.29, 0.717) is 18.3 Å². The molecule has 0 radical (unpaired) electrons. The molecule has 1 N–H and O–H groups in total. The molecule has 0 aliphatic heterocycles. The lowest BCUT2D eigenvalue weighted by atomic mass is 10.2. The van der Waals surface area contributed by atoms with Crippen LogP contribution in [0.2, 0.25) is 0 Å². The van der Waals surface area contributed by atoms with Gasteiger partial charge in [-0.25, -0.2) is 0 Å².